The number of aryl methyl sites for hydroxylation is 1. The van der Waals surface area contributed by atoms with Crippen LogP contribution in [0.5, 0.6) is 0 Å². The summed E-state index contributed by atoms with van der Waals surface area (Å²) in [5, 5.41) is 14.2. The molecule has 2 heterocycles. The van der Waals surface area contributed by atoms with Gasteiger partial charge < -0.3 is 10.0 Å². The molecular formula is C19H22F3N3O2. The number of halogens is 3. The van der Waals surface area contributed by atoms with Crippen molar-refractivity contribution < 1.29 is 23.1 Å². The normalized spacial score (nSPS) is 18.4. The SMILES string of the molecule is Cc1cc(C2CCN(C(=O)C(C)(O)C(F)(F)F)CC2)nn1-c1ccccc1. The summed E-state index contributed by atoms with van der Waals surface area (Å²) < 4.78 is 40.5. The number of hydrogen-bond acceptors (Lipinski definition) is 3. The first-order chi connectivity index (χ1) is 12.6. The zero-order chi connectivity index (χ0) is 19.8. The van der Waals surface area contributed by atoms with Gasteiger partial charge in [0, 0.05) is 24.7 Å². The summed E-state index contributed by atoms with van der Waals surface area (Å²) in [7, 11) is 0. The van der Waals surface area contributed by atoms with E-state index in [1.165, 1.54) is 0 Å². The van der Waals surface area contributed by atoms with Gasteiger partial charge in [-0.15, -0.1) is 0 Å². The van der Waals surface area contributed by atoms with Gasteiger partial charge in [-0.3, -0.25) is 4.79 Å². The second kappa shape index (κ2) is 6.99. The molecule has 1 aromatic heterocycles. The number of nitrogens with zero attached hydrogens (tertiary/aromatic N) is 3. The van der Waals surface area contributed by atoms with Crippen LogP contribution in [0.15, 0.2) is 36.4 Å². The zero-order valence-corrected chi connectivity index (χ0v) is 15.2. The Labute approximate surface area is 155 Å². The number of aliphatic hydroxyl groups is 1. The minimum absolute atomic E-state index is 0.0635. The lowest BCUT2D eigenvalue weighted by molar-refractivity contribution is -0.250. The average Bonchev–Trinajstić information content (AvgIpc) is 3.03. The summed E-state index contributed by atoms with van der Waals surface area (Å²) in [5.41, 5.74) is -0.582. The average molecular weight is 381 g/mol. The number of hydrogen-bond donors (Lipinski definition) is 1. The molecule has 1 aliphatic rings. The predicted octanol–water partition coefficient (Wildman–Crippen LogP) is 3.20. The summed E-state index contributed by atoms with van der Waals surface area (Å²) >= 11 is 0. The van der Waals surface area contributed by atoms with Gasteiger partial charge >= 0.3 is 6.18 Å². The van der Waals surface area contributed by atoms with Crippen molar-refractivity contribution >= 4 is 5.91 Å². The summed E-state index contributed by atoms with van der Waals surface area (Å²) in [6.07, 6.45) is -3.98. The van der Waals surface area contributed by atoms with Crippen LogP contribution in [0.4, 0.5) is 13.2 Å². The minimum Gasteiger partial charge on any atom is -0.373 e. The van der Waals surface area contributed by atoms with Crippen LogP contribution >= 0.6 is 0 Å². The molecule has 1 N–H and O–H groups in total. The number of piperidine rings is 1. The fourth-order valence-electron chi connectivity index (χ4n) is 3.34. The molecule has 8 heteroatoms. The van der Waals surface area contributed by atoms with Crippen LogP contribution in [0.2, 0.25) is 0 Å². The first-order valence-electron chi connectivity index (χ1n) is 8.81. The fourth-order valence-corrected chi connectivity index (χ4v) is 3.34. The van der Waals surface area contributed by atoms with E-state index in [2.05, 4.69) is 5.10 Å². The second-order valence-electron chi connectivity index (χ2n) is 7.09. The smallest absolute Gasteiger partial charge is 0.373 e. The number of alkyl halides is 3. The van der Waals surface area contributed by atoms with Crippen LogP contribution in [0.25, 0.3) is 5.69 Å². The molecule has 2 aromatic rings. The van der Waals surface area contributed by atoms with Crippen LogP contribution in [-0.2, 0) is 4.79 Å². The van der Waals surface area contributed by atoms with Gasteiger partial charge in [-0.1, -0.05) is 18.2 Å². The van der Waals surface area contributed by atoms with E-state index in [9.17, 15) is 23.1 Å². The van der Waals surface area contributed by atoms with Crippen LogP contribution < -0.4 is 0 Å². The minimum atomic E-state index is -4.99. The molecule has 27 heavy (non-hydrogen) atoms. The maximum atomic E-state index is 12.9. The van der Waals surface area contributed by atoms with E-state index in [1.807, 2.05) is 48.0 Å². The highest BCUT2D eigenvalue weighted by Crippen LogP contribution is 2.34. The Morgan fingerprint density at radius 2 is 1.78 bits per heavy atom. The van der Waals surface area contributed by atoms with Crippen molar-refractivity contribution in [1.29, 1.82) is 0 Å². The molecule has 1 unspecified atom stereocenters. The molecule has 0 saturated carbocycles. The van der Waals surface area contributed by atoms with Crippen LogP contribution in [0.1, 0.15) is 37.1 Å². The summed E-state index contributed by atoms with van der Waals surface area (Å²) in [4.78, 5) is 13.2. The molecule has 1 amide bonds. The maximum absolute atomic E-state index is 12.9. The van der Waals surface area contributed by atoms with Gasteiger partial charge in [-0.05, 0) is 44.9 Å². The molecule has 1 aliphatic heterocycles. The molecule has 146 valence electrons. The molecule has 0 radical (unpaired) electrons. The molecule has 1 aromatic carbocycles. The van der Waals surface area contributed by atoms with Gasteiger partial charge in [0.15, 0.2) is 0 Å². The molecular weight excluding hydrogens is 359 g/mol. The topological polar surface area (TPSA) is 58.4 Å². The zero-order valence-electron chi connectivity index (χ0n) is 15.2. The van der Waals surface area contributed by atoms with Crippen LogP contribution in [0, 0.1) is 6.92 Å². The van der Waals surface area contributed by atoms with Gasteiger partial charge in [0.05, 0.1) is 11.4 Å². The first-order valence-corrected chi connectivity index (χ1v) is 8.81. The number of para-hydroxylation sites is 1. The maximum Gasteiger partial charge on any atom is 0.426 e. The van der Waals surface area contributed by atoms with Crippen molar-refractivity contribution in [3.05, 3.63) is 47.8 Å². The van der Waals surface area contributed by atoms with Crippen molar-refractivity contribution in [2.75, 3.05) is 13.1 Å². The van der Waals surface area contributed by atoms with Gasteiger partial charge in [-0.25, -0.2) is 4.68 Å². The predicted molar refractivity (Wildman–Crippen MR) is 93.5 cm³/mol. The second-order valence-corrected chi connectivity index (χ2v) is 7.09. The highest BCUT2D eigenvalue weighted by molar-refractivity contribution is 5.85. The third-order valence-electron chi connectivity index (χ3n) is 5.08. The molecule has 0 bridgehead atoms. The number of amides is 1. The monoisotopic (exact) mass is 381 g/mol. The van der Waals surface area contributed by atoms with Crippen molar-refractivity contribution in [2.24, 2.45) is 0 Å². The summed E-state index contributed by atoms with van der Waals surface area (Å²) in [6.45, 7) is 2.77. The number of rotatable bonds is 3. The highest BCUT2D eigenvalue weighted by atomic mass is 19.4. The Bertz CT molecular complexity index is 807. The summed E-state index contributed by atoms with van der Waals surface area (Å²) in [5.74, 6) is -1.23. The molecule has 3 rings (SSSR count). The van der Waals surface area contributed by atoms with E-state index in [0.717, 1.165) is 22.0 Å². The number of carbonyl (C=O) groups excluding carboxylic acids is 1. The molecule has 1 fully saturated rings. The highest BCUT2D eigenvalue weighted by Gasteiger charge is 2.57. The lowest BCUT2D eigenvalue weighted by Crippen LogP contribution is -2.57. The Morgan fingerprint density at radius 3 is 2.33 bits per heavy atom. The Morgan fingerprint density at radius 1 is 1.19 bits per heavy atom. The van der Waals surface area contributed by atoms with E-state index >= 15 is 0 Å². The van der Waals surface area contributed by atoms with E-state index in [0.29, 0.717) is 19.8 Å². The number of likely N-dealkylation sites (tertiary alicyclic amines) is 1. The Balaban J connectivity index is 1.69. The van der Waals surface area contributed by atoms with Crippen LogP contribution in [0.3, 0.4) is 0 Å². The molecule has 0 spiro atoms. The van der Waals surface area contributed by atoms with Gasteiger partial charge in [-0.2, -0.15) is 18.3 Å². The fraction of sp³-hybridized carbons (Fsp3) is 0.474. The number of carbonyl (C=O) groups is 1. The molecule has 1 atom stereocenters. The third-order valence-corrected chi connectivity index (χ3v) is 5.08. The molecule has 1 saturated heterocycles. The lowest BCUT2D eigenvalue weighted by Gasteiger charge is -2.36. The molecule has 0 aliphatic carbocycles. The quantitative estimate of drug-likeness (QED) is 0.888. The van der Waals surface area contributed by atoms with Gasteiger partial charge in [0.25, 0.3) is 5.91 Å². The number of aromatic nitrogens is 2. The summed E-state index contributed by atoms with van der Waals surface area (Å²) in [6, 6.07) is 11.6. The van der Waals surface area contributed by atoms with E-state index in [1.54, 1.807) is 0 Å². The third kappa shape index (κ3) is 3.71. The lowest BCUT2D eigenvalue weighted by atomic mass is 9.92. The standard InChI is InChI=1S/C19H22F3N3O2/c1-13-12-16(23-25(13)15-6-4-3-5-7-15)14-8-10-24(11-9-14)17(26)18(2,27)19(20,21)22/h3-7,12,14,27H,8-11H2,1-2H3. The van der Waals surface area contributed by atoms with E-state index in [4.69, 9.17) is 0 Å². The largest absolute Gasteiger partial charge is 0.426 e. The Hall–Kier alpha value is -2.35. The van der Waals surface area contributed by atoms with Crippen molar-refractivity contribution in [3.8, 4) is 5.69 Å². The van der Waals surface area contributed by atoms with Crippen molar-refractivity contribution in [1.82, 2.24) is 14.7 Å². The van der Waals surface area contributed by atoms with E-state index < -0.39 is 17.7 Å². The first kappa shape index (κ1) is 19.4. The Kier molecular flexibility index (Phi) is 5.03. The van der Waals surface area contributed by atoms with Crippen LogP contribution in [-0.4, -0.2) is 50.6 Å². The van der Waals surface area contributed by atoms with E-state index in [-0.39, 0.29) is 19.0 Å². The van der Waals surface area contributed by atoms with Crippen molar-refractivity contribution in [2.45, 2.75) is 44.4 Å². The van der Waals surface area contributed by atoms with Gasteiger partial charge in [0.1, 0.15) is 0 Å². The number of benzene rings is 1. The van der Waals surface area contributed by atoms with Crippen molar-refractivity contribution in [3.63, 3.8) is 0 Å². The van der Waals surface area contributed by atoms with Gasteiger partial charge in [0.2, 0.25) is 5.60 Å². The molecule has 5 nitrogen and oxygen atoms in total.